The lowest BCUT2D eigenvalue weighted by molar-refractivity contribution is -0.0936. The monoisotopic (exact) mass is 394 g/mol. The van der Waals surface area contributed by atoms with Crippen LogP contribution in [-0.4, -0.2) is 6.61 Å². The molecule has 0 amide bonds. The van der Waals surface area contributed by atoms with Crippen LogP contribution >= 0.6 is 0 Å². The summed E-state index contributed by atoms with van der Waals surface area (Å²) in [5.41, 5.74) is 2.27. The van der Waals surface area contributed by atoms with Crippen LogP contribution in [0.3, 0.4) is 0 Å². The van der Waals surface area contributed by atoms with Gasteiger partial charge in [0, 0.05) is 12.5 Å². The van der Waals surface area contributed by atoms with Crippen LogP contribution in [0.25, 0.3) is 0 Å². The van der Waals surface area contributed by atoms with E-state index in [2.05, 4.69) is 95.3 Å². The van der Waals surface area contributed by atoms with Gasteiger partial charge in [-0.05, 0) is 29.9 Å². The quantitative estimate of drug-likeness (QED) is 0.328. The summed E-state index contributed by atoms with van der Waals surface area (Å²) in [6.45, 7) is 12.3. The van der Waals surface area contributed by atoms with Gasteiger partial charge in [-0.15, -0.1) is 0 Å². The van der Waals surface area contributed by atoms with Gasteiger partial charge >= 0.3 is 0 Å². The van der Waals surface area contributed by atoms with E-state index in [4.69, 9.17) is 4.74 Å². The van der Waals surface area contributed by atoms with Crippen LogP contribution in [0.4, 0.5) is 0 Å². The molecule has 2 aromatic rings. The second kappa shape index (κ2) is 11.6. The Labute approximate surface area is 179 Å². The molecule has 1 atom stereocenters. The largest absolute Gasteiger partial charge is 0.366 e. The number of benzene rings is 2. The summed E-state index contributed by atoms with van der Waals surface area (Å²) < 4.78 is 6.79. The first kappa shape index (κ1) is 23.7. The van der Waals surface area contributed by atoms with Gasteiger partial charge in [0.05, 0.1) is 0 Å². The lowest BCUT2D eigenvalue weighted by atomic mass is 9.63. The molecule has 0 heterocycles. The molecule has 1 unspecified atom stereocenters. The fourth-order valence-electron chi connectivity index (χ4n) is 4.81. The van der Waals surface area contributed by atoms with E-state index in [0.29, 0.717) is 12.5 Å². The average molecular weight is 395 g/mol. The van der Waals surface area contributed by atoms with Gasteiger partial charge in [0.2, 0.25) is 0 Å². The molecule has 1 nitrogen and oxygen atoms in total. The third-order valence-corrected chi connectivity index (χ3v) is 6.16. The molecule has 0 radical (unpaired) electrons. The lowest BCUT2D eigenvalue weighted by Gasteiger charge is -2.48. The van der Waals surface area contributed by atoms with Crippen LogP contribution in [-0.2, 0) is 10.3 Å². The highest BCUT2D eigenvalue weighted by molar-refractivity contribution is 5.38. The van der Waals surface area contributed by atoms with Crippen LogP contribution in [0, 0.1) is 11.3 Å². The van der Waals surface area contributed by atoms with Crippen LogP contribution in [0.2, 0.25) is 0 Å². The van der Waals surface area contributed by atoms with Gasteiger partial charge in [-0.3, -0.25) is 0 Å². The van der Waals surface area contributed by atoms with E-state index in [1.54, 1.807) is 0 Å². The first-order valence-corrected chi connectivity index (χ1v) is 11.7. The van der Waals surface area contributed by atoms with E-state index in [0.717, 1.165) is 0 Å². The van der Waals surface area contributed by atoms with Gasteiger partial charge in [-0.25, -0.2) is 0 Å². The SMILES string of the molecule is CCCCCCCCC(C(C)(C)C)C(OCC)(c1ccccc1)c1ccccc1. The average Bonchev–Trinajstić information content (AvgIpc) is 2.72. The Morgan fingerprint density at radius 2 is 1.17 bits per heavy atom. The van der Waals surface area contributed by atoms with Crippen molar-refractivity contribution < 1.29 is 4.74 Å². The van der Waals surface area contributed by atoms with E-state index in [-0.39, 0.29) is 5.41 Å². The summed E-state index contributed by atoms with van der Waals surface area (Å²) in [4.78, 5) is 0. The zero-order valence-electron chi connectivity index (χ0n) is 19.4. The van der Waals surface area contributed by atoms with Crippen molar-refractivity contribution in [3.8, 4) is 0 Å². The van der Waals surface area contributed by atoms with Crippen molar-refractivity contribution in [3.05, 3.63) is 71.8 Å². The molecule has 0 aliphatic carbocycles. The highest BCUT2D eigenvalue weighted by atomic mass is 16.5. The van der Waals surface area contributed by atoms with Crippen molar-refractivity contribution in [1.29, 1.82) is 0 Å². The molecular weight excluding hydrogens is 352 g/mol. The number of hydrogen-bond acceptors (Lipinski definition) is 1. The van der Waals surface area contributed by atoms with E-state index in [9.17, 15) is 0 Å². The fraction of sp³-hybridized carbons (Fsp3) is 0.571. The fourth-order valence-corrected chi connectivity index (χ4v) is 4.81. The highest BCUT2D eigenvalue weighted by Crippen LogP contribution is 2.50. The molecule has 29 heavy (non-hydrogen) atoms. The number of unbranched alkanes of at least 4 members (excludes halogenated alkanes) is 5. The lowest BCUT2D eigenvalue weighted by Crippen LogP contribution is -2.45. The predicted molar refractivity (Wildman–Crippen MR) is 126 cm³/mol. The molecule has 160 valence electrons. The summed E-state index contributed by atoms with van der Waals surface area (Å²) in [6.07, 6.45) is 9.14. The molecule has 2 rings (SSSR count). The van der Waals surface area contributed by atoms with Crippen LogP contribution in [0.15, 0.2) is 60.7 Å². The number of rotatable bonds is 12. The maximum absolute atomic E-state index is 6.79. The molecule has 0 aliphatic heterocycles. The normalized spacial score (nSPS) is 13.4. The highest BCUT2D eigenvalue weighted by Gasteiger charge is 2.47. The number of hydrogen-bond donors (Lipinski definition) is 0. The van der Waals surface area contributed by atoms with Crippen LogP contribution in [0.1, 0.15) is 90.7 Å². The molecule has 0 spiro atoms. The molecule has 0 N–H and O–H groups in total. The van der Waals surface area contributed by atoms with E-state index in [1.165, 1.54) is 56.1 Å². The molecular formula is C28H42O. The first-order chi connectivity index (χ1) is 14.0. The van der Waals surface area contributed by atoms with Crippen molar-refractivity contribution in [2.45, 2.75) is 85.2 Å². The predicted octanol–water partition coefficient (Wildman–Crippen LogP) is 8.38. The van der Waals surface area contributed by atoms with Gasteiger partial charge in [-0.2, -0.15) is 0 Å². The Kier molecular flexibility index (Phi) is 9.43. The maximum atomic E-state index is 6.79. The van der Waals surface area contributed by atoms with Gasteiger partial charge in [0.1, 0.15) is 5.60 Å². The van der Waals surface area contributed by atoms with Crippen molar-refractivity contribution in [3.63, 3.8) is 0 Å². The topological polar surface area (TPSA) is 9.23 Å². The summed E-state index contributed by atoms with van der Waals surface area (Å²) >= 11 is 0. The van der Waals surface area contributed by atoms with Gasteiger partial charge < -0.3 is 4.74 Å². The molecule has 1 heteroatoms. The van der Waals surface area contributed by atoms with Crippen LogP contribution in [0.5, 0.6) is 0 Å². The van der Waals surface area contributed by atoms with E-state index in [1.807, 2.05) is 0 Å². The Bertz CT molecular complexity index is 629. The van der Waals surface area contributed by atoms with Crippen molar-refractivity contribution in [2.75, 3.05) is 6.61 Å². The Morgan fingerprint density at radius 1 is 0.690 bits per heavy atom. The summed E-state index contributed by atoms with van der Waals surface area (Å²) in [5.74, 6) is 0.394. The van der Waals surface area contributed by atoms with E-state index >= 15 is 0 Å². The van der Waals surface area contributed by atoms with Gasteiger partial charge in [0.25, 0.3) is 0 Å². The molecule has 0 aliphatic rings. The minimum Gasteiger partial charge on any atom is -0.366 e. The van der Waals surface area contributed by atoms with Crippen molar-refractivity contribution in [1.82, 2.24) is 0 Å². The molecule has 2 aromatic carbocycles. The smallest absolute Gasteiger partial charge is 0.121 e. The molecule has 0 aromatic heterocycles. The van der Waals surface area contributed by atoms with Crippen molar-refractivity contribution in [2.24, 2.45) is 11.3 Å². The van der Waals surface area contributed by atoms with E-state index < -0.39 is 5.60 Å². The van der Waals surface area contributed by atoms with Gasteiger partial charge in [0.15, 0.2) is 0 Å². The van der Waals surface area contributed by atoms with Crippen LogP contribution < -0.4 is 0 Å². The first-order valence-electron chi connectivity index (χ1n) is 11.7. The summed E-state index contributed by atoms with van der Waals surface area (Å²) in [5, 5.41) is 0. The Balaban J connectivity index is 2.44. The summed E-state index contributed by atoms with van der Waals surface area (Å²) in [7, 11) is 0. The second-order valence-corrected chi connectivity index (χ2v) is 9.38. The van der Waals surface area contributed by atoms with Gasteiger partial charge in [-0.1, -0.05) is 127 Å². The Hall–Kier alpha value is -1.60. The Morgan fingerprint density at radius 3 is 1.62 bits per heavy atom. The molecule has 0 fully saturated rings. The maximum Gasteiger partial charge on any atom is 0.121 e. The second-order valence-electron chi connectivity index (χ2n) is 9.38. The zero-order chi connectivity index (χ0) is 21.2. The minimum absolute atomic E-state index is 0.129. The standard InChI is InChI=1S/C28H42O/c1-6-8-9-10-11-18-23-26(27(3,4)5)28(29-7-2,24-19-14-12-15-20-24)25-21-16-13-17-22-25/h12-17,19-22,26H,6-11,18,23H2,1-5H3. The third-order valence-electron chi connectivity index (χ3n) is 6.16. The summed E-state index contributed by atoms with van der Waals surface area (Å²) in [6, 6.07) is 21.8. The van der Waals surface area contributed by atoms with Crippen molar-refractivity contribution >= 4 is 0 Å². The zero-order valence-corrected chi connectivity index (χ0v) is 19.4. The molecule has 0 bridgehead atoms. The minimum atomic E-state index is -0.418. The molecule has 0 saturated carbocycles. The molecule has 0 saturated heterocycles. The third kappa shape index (κ3) is 6.19. The number of ether oxygens (including phenoxy) is 1.